The normalized spacial score (nSPS) is 28.0. The quantitative estimate of drug-likeness (QED) is 0.677. The number of thiophene rings is 1. The van der Waals surface area contributed by atoms with E-state index in [2.05, 4.69) is 36.7 Å². The fourth-order valence-electron chi connectivity index (χ4n) is 1.55. The van der Waals surface area contributed by atoms with Crippen LogP contribution in [-0.4, -0.2) is 6.54 Å². The molecule has 0 aromatic carbocycles. The van der Waals surface area contributed by atoms with Crippen molar-refractivity contribution in [3.8, 4) is 0 Å². The van der Waals surface area contributed by atoms with Gasteiger partial charge >= 0.3 is 0 Å². The Bertz CT molecular complexity index is 238. The second kappa shape index (κ2) is 2.32. The topological polar surface area (TPSA) is 12.0 Å². The van der Waals surface area contributed by atoms with Crippen molar-refractivity contribution in [2.75, 3.05) is 6.54 Å². The standard InChI is InChI=1S/C9H13NS/c1-9(2)6-10-8(9)7-4-3-5-11-7/h3-5,8,10H,6H2,1-2H3. The lowest BCUT2D eigenvalue weighted by atomic mass is 9.76. The highest BCUT2D eigenvalue weighted by atomic mass is 32.1. The Hall–Kier alpha value is -0.340. The van der Waals surface area contributed by atoms with Crippen molar-refractivity contribution in [3.05, 3.63) is 22.4 Å². The monoisotopic (exact) mass is 167 g/mol. The molecule has 0 bridgehead atoms. The van der Waals surface area contributed by atoms with Crippen molar-refractivity contribution in [1.29, 1.82) is 0 Å². The van der Waals surface area contributed by atoms with Gasteiger partial charge < -0.3 is 5.32 Å². The molecule has 0 saturated carbocycles. The van der Waals surface area contributed by atoms with E-state index in [0.29, 0.717) is 11.5 Å². The summed E-state index contributed by atoms with van der Waals surface area (Å²) >= 11 is 1.85. The molecule has 60 valence electrons. The lowest BCUT2D eigenvalue weighted by Crippen LogP contribution is -2.51. The van der Waals surface area contributed by atoms with Gasteiger partial charge in [0.1, 0.15) is 0 Å². The van der Waals surface area contributed by atoms with Gasteiger partial charge in [-0.1, -0.05) is 19.9 Å². The Morgan fingerprint density at radius 3 is 2.82 bits per heavy atom. The largest absolute Gasteiger partial charge is 0.308 e. The van der Waals surface area contributed by atoms with Gasteiger partial charge in [-0.3, -0.25) is 0 Å². The van der Waals surface area contributed by atoms with Crippen LogP contribution in [-0.2, 0) is 0 Å². The highest BCUT2D eigenvalue weighted by Crippen LogP contribution is 2.41. The van der Waals surface area contributed by atoms with Crippen molar-refractivity contribution in [1.82, 2.24) is 5.32 Å². The van der Waals surface area contributed by atoms with Crippen LogP contribution in [0.3, 0.4) is 0 Å². The van der Waals surface area contributed by atoms with Gasteiger partial charge in [0, 0.05) is 17.5 Å². The summed E-state index contributed by atoms with van der Waals surface area (Å²) < 4.78 is 0. The lowest BCUT2D eigenvalue weighted by molar-refractivity contribution is 0.131. The fourth-order valence-corrected chi connectivity index (χ4v) is 2.56. The van der Waals surface area contributed by atoms with Gasteiger partial charge in [0.15, 0.2) is 0 Å². The van der Waals surface area contributed by atoms with E-state index in [0.717, 1.165) is 6.54 Å². The molecule has 1 saturated heterocycles. The van der Waals surface area contributed by atoms with Crippen molar-refractivity contribution >= 4 is 11.3 Å². The molecule has 1 aromatic rings. The van der Waals surface area contributed by atoms with Gasteiger partial charge in [-0.25, -0.2) is 0 Å². The molecule has 2 heterocycles. The zero-order chi connectivity index (χ0) is 7.90. The smallest absolute Gasteiger partial charge is 0.0479 e. The maximum absolute atomic E-state index is 3.45. The summed E-state index contributed by atoms with van der Waals surface area (Å²) in [6.45, 7) is 5.78. The Balaban J connectivity index is 2.20. The third-order valence-electron chi connectivity index (χ3n) is 2.37. The first-order chi connectivity index (χ1) is 5.20. The minimum absolute atomic E-state index is 0.463. The summed E-state index contributed by atoms with van der Waals surface area (Å²) in [7, 11) is 0. The summed E-state index contributed by atoms with van der Waals surface area (Å²) in [4.78, 5) is 1.47. The summed E-state index contributed by atoms with van der Waals surface area (Å²) in [6, 6.07) is 4.93. The molecule has 0 radical (unpaired) electrons. The fraction of sp³-hybridized carbons (Fsp3) is 0.556. The van der Waals surface area contributed by atoms with Crippen LogP contribution in [0.4, 0.5) is 0 Å². The number of hydrogen-bond donors (Lipinski definition) is 1. The van der Waals surface area contributed by atoms with Gasteiger partial charge in [0.2, 0.25) is 0 Å². The van der Waals surface area contributed by atoms with Gasteiger partial charge in [0.05, 0.1) is 0 Å². The summed E-state index contributed by atoms with van der Waals surface area (Å²) in [6.07, 6.45) is 0. The van der Waals surface area contributed by atoms with Gasteiger partial charge in [-0.2, -0.15) is 0 Å². The first-order valence-corrected chi connectivity index (χ1v) is 4.85. The van der Waals surface area contributed by atoms with Crippen molar-refractivity contribution in [2.24, 2.45) is 5.41 Å². The molecule has 0 aliphatic carbocycles. The number of nitrogens with one attached hydrogen (secondary N) is 1. The van der Waals surface area contributed by atoms with Crippen LogP contribution in [0.15, 0.2) is 17.5 Å². The number of rotatable bonds is 1. The average molecular weight is 167 g/mol. The molecule has 1 aliphatic heterocycles. The Kier molecular flexibility index (Phi) is 1.55. The third kappa shape index (κ3) is 1.10. The molecule has 2 heteroatoms. The van der Waals surface area contributed by atoms with E-state index in [1.54, 1.807) is 0 Å². The van der Waals surface area contributed by atoms with Crippen molar-refractivity contribution < 1.29 is 0 Å². The minimum atomic E-state index is 0.463. The van der Waals surface area contributed by atoms with E-state index in [4.69, 9.17) is 0 Å². The Labute approximate surface area is 71.4 Å². The first-order valence-electron chi connectivity index (χ1n) is 3.97. The van der Waals surface area contributed by atoms with E-state index in [1.807, 2.05) is 11.3 Å². The van der Waals surface area contributed by atoms with E-state index >= 15 is 0 Å². The maximum atomic E-state index is 3.45. The third-order valence-corrected chi connectivity index (χ3v) is 3.31. The first kappa shape index (κ1) is 7.32. The molecular weight excluding hydrogens is 154 g/mol. The molecule has 1 atom stereocenters. The minimum Gasteiger partial charge on any atom is -0.308 e. The van der Waals surface area contributed by atoms with Crippen molar-refractivity contribution in [2.45, 2.75) is 19.9 Å². The molecule has 1 aliphatic rings. The predicted octanol–water partition coefficient (Wildman–Crippen LogP) is 2.42. The highest BCUT2D eigenvalue weighted by Gasteiger charge is 2.39. The van der Waals surface area contributed by atoms with Gasteiger partial charge in [-0.05, 0) is 16.9 Å². The van der Waals surface area contributed by atoms with Crippen LogP contribution in [0, 0.1) is 5.41 Å². The van der Waals surface area contributed by atoms with Crippen molar-refractivity contribution in [3.63, 3.8) is 0 Å². The van der Waals surface area contributed by atoms with Crippen LogP contribution < -0.4 is 5.32 Å². The summed E-state index contributed by atoms with van der Waals surface area (Å²) in [5.74, 6) is 0. The highest BCUT2D eigenvalue weighted by molar-refractivity contribution is 7.10. The van der Waals surface area contributed by atoms with Gasteiger partial charge in [-0.15, -0.1) is 11.3 Å². The Morgan fingerprint density at radius 1 is 1.64 bits per heavy atom. The predicted molar refractivity (Wildman–Crippen MR) is 48.8 cm³/mol. The molecule has 0 amide bonds. The average Bonchev–Trinajstić information content (AvgIpc) is 2.38. The summed E-state index contributed by atoms with van der Waals surface area (Å²) in [5, 5.41) is 5.59. The Morgan fingerprint density at radius 2 is 2.45 bits per heavy atom. The molecule has 11 heavy (non-hydrogen) atoms. The van der Waals surface area contributed by atoms with Crippen LogP contribution in [0.1, 0.15) is 24.8 Å². The molecule has 1 unspecified atom stereocenters. The van der Waals surface area contributed by atoms with Crippen LogP contribution in [0.5, 0.6) is 0 Å². The molecule has 1 aromatic heterocycles. The molecule has 1 nitrogen and oxygen atoms in total. The van der Waals surface area contributed by atoms with Gasteiger partial charge in [0.25, 0.3) is 0 Å². The zero-order valence-electron chi connectivity index (χ0n) is 6.92. The number of hydrogen-bond acceptors (Lipinski definition) is 2. The van der Waals surface area contributed by atoms with Crippen LogP contribution in [0.2, 0.25) is 0 Å². The second-order valence-electron chi connectivity index (χ2n) is 3.82. The second-order valence-corrected chi connectivity index (χ2v) is 4.80. The maximum Gasteiger partial charge on any atom is 0.0479 e. The van der Waals surface area contributed by atoms with E-state index in [1.165, 1.54) is 4.88 Å². The lowest BCUT2D eigenvalue weighted by Gasteiger charge is -2.45. The molecule has 0 spiro atoms. The van der Waals surface area contributed by atoms with Crippen LogP contribution >= 0.6 is 11.3 Å². The molecule has 1 fully saturated rings. The van der Waals surface area contributed by atoms with E-state index in [9.17, 15) is 0 Å². The van der Waals surface area contributed by atoms with E-state index in [-0.39, 0.29) is 0 Å². The molecule has 1 N–H and O–H groups in total. The van der Waals surface area contributed by atoms with E-state index < -0.39 is 0 Å². The molecule has 2 rings (SSSR count). The zero-order valence-corrected chi connectivity index (χ0v) is 7.74. The molecular formula is C9H13NS. The van der Waals surface area contributed by atoms with Crippen LogP contribution in [0.25, 0.3) is 0 Å². The SMILES string of the molecule is CC1(C)CNC1c1cccs1. The summed E-state index contributed by atoms with van der Waals surface area (Å²) in [5.41, 5.74) is 0.463.